The minimum Gasteiger partial charge on any atom is -0.508 e. The van der Waals surface area contributed by atoms with E-state index in [0.29, 0.717) is 12.6 Å². The van der Waals surface area contributed by atoms with Gasteiger partial charge in [-0.15, -0.1) is 0 Å². The van der Waals surface area contributed by atoms with E-state index in [9.17, 15) is 5.11 Å². The van der Waals surface area contributed by atoms with Crippen LogP contribution in [0.25, 0.3) is 11.1 Å². The van der Waals surface area contributed by atoms with E-state index in [0.717, 1.165) is 64.1 Å². The Morgan fingerprint density at radius 1 is 1.06 bits per heavy atom. The van der Waals surface area contributed by atoms with Crippen molar-refractivity contribution in [3.63, 3.8) is 0 Å². The van der Waals surface area contributed by atoms with Gasteiger partial charge in [-0.25, -0.2) is 0 Å². The second-order valence-corrected chi connectivity index (χ2v) is 10.1. The summed E-state index contributed by atoms with van der Waals surface area (Å²) in [7, 11) is 1.67. The third kappa shape index (κ3) is 4.93. The van der Waals surface area contributed by atoms with E-state index < -0.39 is 0 Å². The highest BCUT2D eigenvalue weighted by Gasteiger charge is 2.30. The molecule has 36 heavy (non-hydrogen) atoms. The van der Waals surface area contributed by atoms with Crippen molar-refractivity contribution in [2.75, 3.05) is 26.8 Å². The molecule has 5 rings (SSSR count). The van der Waals surface area contributed by atoms with E-state index in [-0.39, 0.29) is 11.9 Å². The van der Waals surface area contributed by atoms with E-state index in [4.69, 9.17) is 14.2 Å². The summed E-state index contributed by atoms with van der Waals surface area (Å²) in [5.41, 5.74) is 5.09. The summed E-state index contributed by atoms with van der Waals surface area (Å²) in [6.45, 7) is 9.63. The molecule has 188 valence electrons. The first-order valence-electron chi connectivity index (χ1n) is 12.7. The monoisotopic (exact) mass is 485 g/mol. The van der Waals surface area contributed by atoms with Gasteiger partial charge < -0.3 is 19.3 Å². The van der Waals surface area contributed by atoms with Gasteiger partial charge in [-0.1, -0.05) is 31.2 Å². The Hall–Kier alpha value is -3.44. The number of rotatable bonds is 7. The maximum Gasteiger partial charge on any atom is 0.150 e. The summed E-state index contributed by atoms with van der Waals surface area (Å²) in [4.78, 5) is 2.51. The normalized spacial score (nSPS) is 20.6. The minimum atomic E-state index is -0.298. The highest BCUT2D eigenvalue weighted by atomic mass is 16.5. The van der Waals surface area contributed by atoms with Gasteiger partial charge in [-0.3, -0.25) is 4.90 Å². The van der Waals surface area contributed by atoms with Crippen LogP contribution in [0.3, 0.4) is 0 Å². The van der Waals surface area contributed by atoms with Crippen LogP contribution in [-0.4, -0.2) is 42.9 Å². The van der Waals surface area contributed by atoms with Gasteiger partial charge in [-0.05, 0) is 91.9 Å². The molecule has 5 heteroatoms. The summed E-state index contributed by atoms with van der Waals surface area (Å²) in [6, 6.07) is 21.9. The van der Waals surface area contributed by atoms with E-state index in [1.807, 2.05) is 36.4 Å². The number of benzene rings is 3. The van der Waals surface area contributed by atoms with Crippen molar-refractivity contribution in [3.8, 4) is 23.0 Å². The number of allylic oxidation sites excluding steroid dienone is 1. The van der Waals surface area contributed by atoms with Crippen LogP contribution in [0.5, 0.6) is 23.0 Å². The minimum absolute atomic E-state index is 0.222. The van der Waals surface area contributed by atoms with Crippen molar-refractivity contribution in [1.82, 2.24) is 4.90 Å². The van der Waals surface area contributed by atoms with Crippen molar-refractivity contribution in [3.05, 3.63) is 83.4 Å². The molecule has 1 fully saturated rings. The lowest BCUT2D eigenvalue weighted by molar-refractivity contribution is 0.169. The number of methoxy groups -OCH3 is 1. The molecule has 0 bridgehead atoms. The molecule has 1 saturated heterocycles. The van der Waals surface area contributed by atoms with Crippen molar-refractivity contribution in [2.24, 2.45) is 5.92 Å². The zero-order chi connectivity index (χ0) is 25.2. The molecule has 0 aliphatic carbocycles. The van der Waals surface area contributed by atoms with Crippen LogP contribution in [0.2, 0.25) is 0 Å². The summed E-state index contributed by atoms with van der Waals surface area (Å²) in [5.74, 6) is 3.41. The van der Waals surface area contributed by atoms with E-state index in [1.54, 1.807) is 19.2 Å². The Bertz CT molecular complexity index is 1250. The molecule has 2 heterocycles. The Morgan fingerprint density at radius 2 is 1.86 bits per heavy atom. The number of nitrogens with zero attached hydrogens (tertiary/aromatic N) is 1. The first-order chi connectivity index (χ1) is 17.4. The van der Waals surface area contributed by atoms with Crippen LogP contribution < -0.4 is 14.2 Å². The number of fused-ring (bicyclic) bond motifs is 1. The zero-order valence-electron chi connectivity index (χ0n) is 21.5. The Morgan fingerprint density at radius 3 is 2.58 bits per heavy atom. The quantitative estimate of drug-likeness (QED) is 0.410. The van der Waals surface area contributed by atoms with Crippen LogP contribution in [0, 0.1) is 5.92 Å². The molecule has 1 N–H and O–H groups in total. The largest absolute Gasteiger partial charge is 0.508 e. The lowest BCUT2D eigenvalue weighted by Gasteiger charge is -2.31. The van der Waals surface area contributed by atoms with Gasteiger partial charge in [0.15, 0.2) is 0 Å². The molecular formula is C31H35NO4. The molecule has 3 atom stereocenters. The third-order valence-electron chi connectivity index (χ3n) is 7.41. The molecule has 3 aromatic rings. The third-order valence-corrected chi connectivity index (χ3v) is 7.41. The van der Waals surface area contributed by atoms with Gasteiger partial charge in [0.1, 0.15) is 35.7 Å². The van der Waals surface area contributed by atoms with Crippen molar-refractivity contribution in [2.45, 2.75) is 39.3 Å². The summed E-state index contributed by atoms with van der Waals surface area (Å²) in [5, 5.41) is 10.1. The fourth-order valence-electron chi connectivity index (χ4n) is 5.27. The molecule has 5 nitrogen and oxygen atoms in total. The molecular weight excluding hydrogens is 450 g/mol. The van der Waals surface area contributed by atoms with Crippen LogP contribution >= 0.6 is 0 Å². The second-order valence-electron chi connectivity index (χ2n) is 10.1. The van der Waals surface area contributed by atoms with Gasteiger partial charge in [0.05, 0.1) is 7.11 Å². The summed E-state index contributed by atoms with van der Waals surface area (Å²) in [6.07, 6.45) is 0.972. The first-order valence-corrected chi connectivity index (χ1v) is 12.7. The maximum atomic E-state index is 10.1. The van der Waals surface area contributed by atoms with Gasteiger partial charge in [0.2, 0.25) is 0 Å². The van der Waals surface area contributed by atoms with E-state index >= 15 is 0 Å². The highest BCUT2D eigenvalue weighted by molar-refractivity contribution is 5.95. The predicted octanol–water partition coefficient (Wildman–Crippen LogP) is 6.57. The molecule has 0 spiro atoms. The Labute approximate surface area is 213 Å². The maximum absolute atomic E-state index is 10.1. The van der Waals surface area contributed by atoms with Gasteiger partial charge in [-0.2, -0.15) is 0 Å². The smallest absolute Gasteiger partial charge is 0.150 e. The molecule has 3 aromatic carbocycles. The summed E-state index contributed by atoms with van der Waals surface area (Å²) < 4.78 is 18.2. The number of hydrogen-bond donors (Lipinski definition) is 1. The van der Waals surface area contributed by atoms with E-state index in [1.165, 1.54) is 6.42 Å². The highest BCUT2D eigenvalue weighted by Crippen LogP contribution is 2.47. The lowest BCUT2D eigenvalue weighted by atomic mass is 9.86. The molecule has 0 saturated carbocycles. The van der Waals surface area contributed by atoms with Crippen molar-refractivity contribution >= 4 is 11.1 Å². The number of ether oxygens (including phenoxy) is 3. The number of hydrogen-bond acceptors (Lipinski definition) is 5. The molecule has 2 aliphatic heterocycles. The molecule has 2 aliphatic rings. The second kappa shape index (κ2) is 10.3. The fraction of sp³-hybridized carbons (Fsp3) is 0.355. The summed E-state index contributed by atoms with van der Waals surface area (Å²) >= 11 is 0. The van der Waals surface area contributed by atoms with Crippen LogP contribution in [0.1, 0.15) is 50.0 Å². The Balaban J connectivity index is 1.42. The average Bonchev–Trinajstić information content (AvgIpc) is 3.34. The SMILES string of the molecule is COc1cccc(C2=C(C)c3cc(O)ccc3OC2c2ccc(OC[C@H](C)N3CC[C@@H](C)C3)cc2)c1. The molecule has 1 unspecified atom stereocenters. The van der Waals surface area contributed by atoms with Gasteiger partial charge >= 0.3 is 0 Å². The molecule has 0 radical (unpaired) electrons. The van der Waals surface area contributed by atoms with Crippen molar-refractivity contribution in [1.29, 1.82) is 0 Å². The number of aromatic hydroxyl groups is 1. The fourth-order valence-corrected chi connectivity index (χ4v) is 5.27. The average molecular weight is 486 g/mol. The lowest BCUT2D eigenvalue weighted by Crippen LogP contribution is -2.35. The number of phenols is 1. The van der Waals surface area contributed by atoms with Crippen LogP contribution in [0.4, 0.5) is 0 Å². The van der Waals surface area contributed by atoms with Crippen LogP contribution in [0.15, 0.2) is 66.7 Å². The number of phenolic OH excluding ortho intramolecular Hbond substituents is 1. The van der Waals surface area contributed by atoms with Crippen LogP contribution in [-0.2, 0) is 0 Å². The zero-order valence-corrected chi connectivity index (χ0v) is 21.5. The molecule has 0 amide bonds. The van der Waals surface area contributed by atoms with Gasteiger partial charge in [0, 0.05) is 23.7 Å². The van der Waals surface area contributed by atoms with Gasteiger partial charge in [0.25, 0.3) is 0 Å². The Kier molecular flexibility index (Phi) is 6.92. The topological polar surface area (TPSA) is 51.2 Å². The predicted molar refractivity (Wildman–Crippen MR) is 144 cm³/mol. The molecule has 0 aromatic heterocycles. The van der Waals surface area contributed by atoms with E-state index in [2.05, 4.69) is 43.9 Å². The van der Waals surface area contributed by atoms with Crippen molar-refractivity contribution < 1.29 is 19.3 Å². The number of likely N-dealkylation sites (tertiary alicyclic amines) is 1. The first kappa shape index (κ1) is 24.3. The standard InChI is InChI=1S/C31H35NO4/c1-20-14-15-32(18-20)21(2)19-35-26-11-8-23(9-12-26)31-30(24-6-5-7-27(16-24)34-4)22(3)28-17-25(33)10-13-29(28)36-31/h5-13,16-17,20-21,31,33H,14-15,18-19H2,1-4H3/t20-,21+,31?/m1/s1.